The van der Waals surface area contributed by atoms with Gasteiger partial charge in [-0.2, -0.15) is 0 Å². The molecular formula is C18H19F2N5O5S2. The maximum Gasteiger partial charge on any atom is 0.274 e. The van der Waals surface area contributed by atoms with E-state index in [0.29, 0.717) is 6.07 Å². The zero-order chi connectivity index (χ0) is 24.1. The fourth-order valence-electron chi connectivity index (χ4n) is 3.07. The molecule has 0 saturated carbocycles. The average molecular weight is 488 g/mol. The predicted molar refractivity (Wildman–Crippen MR) is 112 cm³/mol. The molecule has 1 atom stereocenters. The lowest BCUT2D eigenvalue weighted by Gasteiger charge is -2.34. The van der Waals surface area contributed by atoms with Gasteiger partial charge in [0.25, 0.3) is 5.91 Å². The normalized spacial score (nSPS) is 20.5. The molecule has 14 heteroatoms. The number of hydrogen-bond donors (Lipinski definition) is 2. The Labute approximate surface area is 183 Å². The Balaban J connectivity index is 1.98. The number of aliphatic imine (C=N–C) groups is 1. The largest absolute Gasteiger partial charge is 0.369 e. The maximum atomic E-state index is 14.6. The molecule has 172 valence electrons. The van der Waals surface area contributed by atoms with Crippen LogP contribution in [0.4, 0.5) is 14.5 Å². The van der Waals surface area contributed by atoms with Gasteiger partial charge in [0.15, 0.2) is 21.5 Å². The summed E-state index contributed by atoms with van der Waals surface area (Å²) in [6, 6.07) is 4.10. The Bertz CT molecular complexity index is 1340. The molecule has 0 saturated heterocycles. The van der Waals surface area contributed by atoms with Crippen molar-refractivity contribution in [2.75, 3.05) is 24.4 Å². The molecule has 0 unspecified atom stereocenters. The second-order valence-electron chi connectivity index (χ2n) is 7.39. The van der Waals surface area contributed by atoms with E-state index >= 15 is 0 Å². The fraction of sp³-hybridized carbons (Fsp3) is 0.278. The third-order valence-electron chi connectivity index (χ3n) is 4.83. The number of rotatable bonds is 4. The van der Waals surface area contributed by atoms with Crippen molar-refractivity contribution < 1.29 is 30.4 Å². The standard InChI is InChI=1S/C18H19F2N5O5S2/c1-18(9-32(29,30)25(2)17(21)24-18)12-6-10(7-13(19)15(12)20)23-16(26)14-5-4-11(8-22-14)31(3,27)28/h4-8H,9H2,1-3H3,(H2,21,24)(H,23,26)/t18-/m0/s1. The molecule has 1 aliphatic heterocycles. The number of anilines is 1. The summed E-state index contributed by atoms with van der Waals surface area (Å²) < 4.78 is 77.4. The van der Waals surface area contributed by atoms with Crippen LogP contribution in [0.15, 0.2) is 40.4 Å². The van der Waals surface area contributed by atoms with Crippen molar-refractivity contribution in [3.63, 3.8) is 0 Å². The molecule has 0 fully saturated rings. The molecule has 3 rings (SSSR count). The first-order valence-corrected chi connectivity index (χ1v) is 12.4. The van der Waals surface area contributed by atoms with Crippen LogP contribution in [-0.4, -0.2) is 57.0 Å². The van der Waals surface area contributed by atoms with Gasteiger partial charge in [-0.05, 0) is 25.1 Å². The lowest BCUT2D eigenvalue weighted by atomic mass is 9.93. The summed E-state index contributed by atoms with van der Waals surface area (Å²) in [5.41, 5.74) is 3.10. The minimum atomic E-state index is -3.95. The van der Waals surface area contributed by atoms with Crippen LogP contribution in [-0.2, 0) is 25.4 Å². The van der Waals surface area contributed by atoms with Gasteiger partial charge >= 0.3 is 0 Å². The van der Waals surface area contributed by atoms with Crippen molar-refractivity contribution in [1.82, 2.24) is 9.29 Å². The molecule has 1 aromatic heterocycles. The smallest absolute Gasteiger partial charge is 0.274 e. The zero-order valence-electron chi connectivity index (χ0n) is 17.1. The molecule has 0 spiro atoms. The van der Waals surface area contributed by atoms with Crippen molar-refractivity contribution in [2.45, 2.75) is 17.4 Å². The van der Waals surface area contributed by atoms with Gasteiger partial charge < -0.3 is 11.1 Å². The summed E-state index contributed by atoms with van der Waals surface area (Å²) in [6.07, 6.45) is 1.97. The predicted octanol–water partition coefficient (Wildman–Crippen LogP) is 0.821. The molecule has 2 heterocycles. The van der Waals surface area contributed by atoms with E-state index in [-0.39, 0.29) is 16.3 Å². The second-order valence-corrected chi connectivity index (χ2v) is 11.4. The Kier molecular flexibility index (Phi) is 5.72. The first kappa shape index (κ1) is 23.5. The van der Waals surface area contributed by atoms with Gasteiger partial charge in [0.05, 0.1) is 10.6 Å². The van der Waals surface area contributed by atoms with Crippen LogP contribution in [0, 0.1) is 11.6 Å². The number of amides is 1. The van der Waals surface area contributed by atoms with E-state index in [9.17, 15) is 30.4 Å². The molecule has 32 heavy (non-hydrogen) atoms. The van der Waals surface area contributed by atoms with E-state index in [1.54, 1.807) is 0 Å². The quantitative estimate of drug-likeness (QED) is 0.648. The van der Waals surface area contributed by atoms with Crippen LogP contribution in [0.1, 0.15) is 23.0 Å². The maximum absolute atomic E-state index is 14.6. The number of pyridine rings is 1. The number of nitrogens with zero attached hydrogens (tertiary/aromatic N) is 3. The van der Waals surface area contributed by atoms with Crippen molar-refractivity contribution in [3.8, 4) is 0 Å². The van der Waals surface area contributed by atoms with E-state index in [1.807, 2.05) is 0 Å². The number of hydrogen-bond acceptors (Lipinski definition) is 8. The SMILES string of the molecule is CN1C(N)=N[C@](C)(c2cc(NC(=O)c3ccc(S(C)(=O)=O)cn3)cc(F)c2F)CS1(=O)=O. The van der Waals surface area contributed by atoms with Gasteiger partial charge in [0.2, 0.25) is 16.0 Å². The Morgan fingerprint density at radius 3 is 2.47 bits per heavy atom. The summed E-state index contributed by atoms with van der Waals surface area (Å²) in [7, 11) is -6.28. The molecule has 0 bridgehead atoms. The van der Waals surface area contributed by atoms with Gasteiger partial charge in [-0.15, -0.1) is 0 Å². The average Bonchev–Trinajstić information content (AvgIpc) is 2.67. The van der Waals surface area contributed by atoms with Crippen LogP contribution >= 0.6 is 0 Å². The lowest BCUT2D eigenvalue weighted by molar-refractivity contribution is 0.102. The van der Waals surface area contributed by atoms with E-state index in [2.05, 4.69) is 15.3 Å². The first-order valence-electron chi connectivity index (χ1n) is 8.93. The van der Waals surface area contributed by atoms with Crippen molar-refractivity contribution >= 4 is 37.4 Å². The highest BCUT2D eigenvalue weighted by molar-refractivity contribution is 7.90. The molecule has 1 aromatic carbocycles. The summed E-state index contributed by atoms with van der Waals surface area (Å²) in [5, 5.41) is 2.32. The van der Waals surface area contributed by atoms with Gasteiger partial charge in [0, 0.05) is 36.8 Å². The fourth-order valence-corrected chi connectivity index (χ4v) is 5.08. The summed E-state index contributed by atoms with van der Waals surface area (Å²) in [5.74, 6) is -4.59. The van der Waals surface area contributed by atoms with Gasteiger partial charge in [0.1, 0.15) is 11.2 Å². The van der Waals surface area contributed by atoms with Crippen LogP contribution in [0.5, 0.6) is 0 Å². The highest BCUT2D eigenvalue weighted by atomic mass is 32.2. The number of aromatic nitrogens is 1. The number of guanidine groups is 1. The molecule has 1 amide bonds. The number of nitrogens with two attached hydrogens (primary N) is 1. The van der Waals surface area contributed by atoms with E-state index < -0.39 is 60.2 Å². The van der Waals surface area contributed by atoms with Crippen molar-refractivity contribution in [3.05, 3.63) is 53.4 Å². The Morgan fingerprint density at radius 1 is 1.28 bits per heavy atom. The van der Waals surface area contributed by atoms with Crippen LogP contribution in [0.2, 0.25) is 0 Å². The highest BCUT2D eigenvalue weighted by Crippen LogP contribution is 2.35. The number of halogens is 2. The van der Waals surface area contributed by atoms with Gasteiger partial charge in [-0.1, -0.05) is 0 Å². The Morgan fingerprint density at radius 2 is 1.94 bits per heavy atom. The summed E-state index contributed by atoms with van der Waals surface area (Å²) >= 11 is 0. The number of carbonyl (C=O) groups is 1. The number of benzene rings is 1. The number of sulfone groups is 1. The molecule has 0 radical (unpaired) electrons. The van der Waals surface area contributed by atoms with Crippen molar-refractivity contribution in [1.29, 1.82) is 0 Å². The van der Waals surface area contributed by atoms with Gasteiger partial charge in [-0.3, -0.25) is 4.79 Å². The Hall–Kier alpha value is -3.13. The van der Waals surface area contributed by atoms with Crippen LogP contribution < -0.4 is 11.1 Å². The zero-order valence-corrected chi connectivity index (χ0v) is 18.8. The lowest BCUT2D eigenvalue weighted by Crippen LogP contribution is -2.50. The minimum Gasteiger partial charge on any atom is -0.369 e. The monoisotopic (exact) mass is 487 g/mol. The second kappa shape index (κ2) is 7.78. The molecule has 10 nitrogen and oxygen atoms in total. The van der Waals surface area contributed by atoms with Gasteiger partial charge in [-0.25, -0.2) is 39.9 Å². The summed E-state index contributed by atoms with van der Waals surface area (Å²) in [4.78, 5) is 20.1. The third kappa shape index (κ3) is 4.41. The van der Waals surface area contributed by atoms with Crippen molar-refractivity contribution in [2.24, 2.45) is 10.7 Å². The highest BCUT2D eigenvalue weighted by Gasteiger charge is 2.42. The first-order chi connectivity index (χ1) is 14.6. The van der Waals surface area contributed by atoms with E-state index in [4.69, 9.17) is 5.73 Å². The number of nitrogens with one attached hydrogen (secondary N) is 1. The van der Waals surface area contributed by atoms with Crippen LogP contribution in [0.3, 0.4) is 0 Å². The minimum absolute atomic E-state index is 0.101. The molecule has 0 aliphatic carbocycles. The number of sulfonamides is 1. The number of carbonyl (C=O) groups excluding carboxylic acids is 1. The van der Waals surface area contributed by atoms with E-state index in [1.165, 1.54) is 20.0 Å². The molecule has 2 aromatic rings. The van der Waals surface area contributed by atoms with E-state index in [0.717, 1.165) is 28.9 Å². The third-order valence-corrected chi connectivity index (χ3v) is 7.87. The van der Waals surface area contributed by atoms with Crippen LogP contribution in [0.25, 0.3) is 0 Å². The molecule has 3 N–H and O–H groups in total. The molecule has 1 aliphatic rings. The summed E-state index contributed by atoms with van der Waals surface area (Å²) in [6.45, 7) is 1.28. The molecular weight excluding hydrogens is 468 g/mol. The topological polar surface area (TPSA) is 152 Å².